The van der Waals surface area contributed by atoms with E-state index in [0.29, 0.717) is 5.92 Å². The van der Waals surface area contributed by atoms with Gasteiger partial charge in [0, 0.05) is 0 Å². The Labute approximate surface area is 89.6 Å². The van der Waals surface area contributed by atoms with E-state index in [4.69, 9.17) is 9.47 Å². The standard InChI is InChI=1S/C12H16O3/c1-14-11-4-3-8(7-12(11)15-2)9-5-10(13)6-9/h3-4,7,9-10,13H,5-6H2,1-2H3. The van der Waals surface area contributed by atoms with Gasteiger partial charge in [0.2, 0.25) is 0 Å². The summed E-state index contributed by atoms with van der Waals surface area (Å²) in [5.41, 5.74) is 1.22. The van der Waals surface area contributed by atoms with Gasteiger partial charge in [-0.25, -0.2) is 0 Å². The number of aliphatic hydroxyl groups excluding tert-OH is 1. The third-order valence-corrected chi connectivity index (χ3v) is 2.99. The number of hydrogen-bond donors (Lipinski definition) is 1. The molecule has 0 aromatic heterocycles. The fourth-order valence-corrected chi connectivity index (χ4v) is 1.97. The molecule has 0 unspecified atom stereocenters. The van der Waals surface area contributed by atoms with Gasteiger partial charge >= 0.3 is 0 Å². The summed E-state index contributed by atoms with van der Waals surface area (Å²) in [5, 5.41) is 9.25. The molecular weight excluding hydrogens is 192 g/mol. The molecule has 0 saturated heterocycles. The highest BCUT2D eigenvalue weighted by atomic mass is 16.5. The molecule has 3 heteroatoms. The van der Waals surface area contributed by atoms with Gasteiger partial charge < -0.3 is 14.6 Å². The van der Waals surface area contributed by atoms with Crippen molar-refractivity contribution >= 4 is 0 Å². The molecule has 1 fully saturated rings. The van der Waals surface area contributed by atoms with Crippen LogP contribution in [0.25, 0.3) is 0 Å². The van der Waals surface area contributed by atoms with Gasteiger partial charge in [0.15, 0.2) is 11.5 Å². The molecule has 0 bridgehead atoms. The van der Waals surface area contributed by atoms with E-state index in [2.05, 4.69) is 0 Å². The monoisotopic (exact) mass is 208 g/mol. The molecule has 2 rings (SSSR count). The summed E-state index contributed by atoms with van der Waals surface area (Å²) in [6.45, 7) is 0. The van der Waals surface area contributed by atoms with E-state index >= 15 is 0 Å². The van der Waals surface area contributed by atoms with Crippen molar-refractivity contribution in [2.24, 2.45) is 0 Å². The van der Waals surface area contributed by atoms with E-state index in [1.807, 2.05) is 18.2 Å². The second kappa shape index (κ2) is 4.11. The molecule has 1 aromatic rings. The fourth-order valence-electron chi connectivity index (χ4n) is 1.97. The molecule has 0 amide bonds. The van der Waals surface area contributed by atoms with E-state index in [1.54, 1.807) is 14.2 Å². The maximum Gasteiger partial charge on any atom is 0.160 e. The second-order valence-corrected chi connectivity index (χ2v) is 3.94. The fraction of sp³-hybridized carbons (Fsp3) is 0.500. The molecule has 1 saturated carbocycles. The maximum atomic E-state index is 9.25. The zero-order valence-electron chi connectivity index (χ0n) is 9.06. The normalized spacial score (nSPS) is 24.5. The van der Waals surface area contributed by atoms with Crippen molar-refractivity contribution in [3.63, 3.8) is 0 Å². The lowest BCUT2D eigenvalue weighted by Crippen LogP contribution is -2.26. The highest BCUT2D eigenvalue weighted by Gasteiger charge is 2.28. The number of methoxy groups -OCH3 is 2. The average Bonchev–Trinajstić information content (AvgIpc) is 2.24. The number of aliphatic hydroxyl groups is 1. The topological polar surface area (TPSA) is 38.7 Å². The molecule has 1 aromatic carbocycles. The predicted molar refractivity (Wildman–Crippen MR) is 57.5 cm³/mol. The minimum absolute atomic E-state index is 0.122. The van der Waals surface area contributed by atoms with Crippen molar-refractivity contribution in [1.82, 2.24) is 0 Å². The largest absolute Gasteiger partial charge is 0.493 e. The van der Waals surface area contributed by atoms with E-state index in [1.165, 1.54) is 5.56 Å². The zero-order valence-corrected chi connectivity index (χ0v) is 9.06. The van der Waals surface area contributed by atoms with Crippen molar-refractivity contribution < 1.29 is 14.6 Å². The van der Waals surface area contributed by atoms with Gasteiger partial charge in [0.05, 0.1) is 20.3 Å². The smallest absolute Gasteiger partial charge is 0.160 e. The molecule has 3 nitrogen and oxygen atoms in total. The third-order valence-electron chi connectivity index (χ3n) is 2.99. The van der Waals surface area contributed by atoms with E-state index < -0.39 is 0 Å². The zero-order chi connectivity index (χ0) is 10.8. The quantitative estimate of drug-likeness (QED) is 0.825. The number of rotatable bonds is 3. The summed E-state index contributed by atoms with van der Waals surface area (Å²) < 4.78 is 10.4. The van der Waals surface area contributed by atoms with Crippen molar-refractivity contribution in [1.29, 1.82) is 0 Å². The van der Waals surface area contributed by atoms with E-state index in [-0.39, 0.29) is 6.10 Å². The average molecular weight is 208 g/mol. The molecule has 0 spiro atoms. The minimum Gasteiger partial charge on any atom is -0.493 e. The van der Waals surface area contributed by atoms with Gasteiger partial charge in [-0.1, -0.05) is 6.07 Å². The van der Waals surface area contributed by atoms with Crippen LogP contribution in [0, 0.1) is 0 Å². The Morgan fingerprint density at radius 3 is 2.33 bits per heavy atom. The lowest BCUT2D eigenvalue weighted by molar-refractivity contribution is 0.0745. The van der Waals surface area contributed by atoms with Crippen LogP contribution in [0.4, 0.5) is 0 Å². The van der Waals surface area contributed by atoms with Crippen LogP contribution in [0.5, 0.6) is 11.5 Å². The maximum absolute atomic E-state index is 9.25. The molecule has 1 N–H and O–H groups in total. The first kappa shape index (κ1) is 10.3. The molecule has 15 heavy (non-hydrogen) atoms. The first-order chi connectivity index (χ1) is 7.24. The van der Waals surface area contributed by atoms with Crippen molar-refractivity contribution in [2.75, 3.05) is 14.2 Å². The molecule has 1 aliphatic rings. The highest BCUT2D eigenvalue weighted by molar-refractivity contribution is 5.44. The molecule has 82 valence electrons. The summed E-state index contributed by atoms with van der Waals surface area (Å²) in [5.74, 6) is 1.98. The van der Waals surface area contributed by atoms with Gasteiger partial charge in [0.25, 0.3) is 0 Å². The van der Waals surface area contributed by atoms with Crippen LogP contribution >= 0.6 is 0 Å². The van der Waals surface area contributed by atoms with Gasteiger partial charge in [-0.2, -0.15) is 0 Å². The van der Waals surface area contributed by atoms with Gasteiger partial charge in [0.1, 0.15) is 0 Å². The summed E-state index contributed by atoms with van der Waals surface area (Å²) in [6, 6.07) is 5.95. The summed E-state index contributed by atoms with van der Waals surface area (Å²) in [6.07, 6.45) is 1.59. The summed E-state index contributed by atoms with van der Waals surface area (Å²) >= 11 is 0. The Kier molecular flexibility index (Phi) is 2.82. The number of hydrogen-bond acceptors (Lipinski definition) is 3. The minimum atomic E-state index is -0.122. The van der Waals surface area contributed by atoms with Gasteiger partial charge in [-0.05, 0) is 36.5 Å². The van der Waals surface area contributed by atoms with E-state index in [0.717, 1.165) is 24.3 Å². The van der Waals surface area contributed by atoms with Crippen LogP contribution in [0.3, 0.4) is 0 Å². The summed E-state index contributed by atoms with van der Waals surface area (Å²) in [4.78, 5) is 0. The molecule has 0 aliphatic heterocycles. The van der Waals surface area contributed by atoms with Gasteiger partial charge in [-0.15, -0.1) is 0 Å². The number of ether oxygens (including phenoxy) is 2. The Balaban J connectivity index is 2.19. The van der Waals surface area contributed by atoms with Crippen LogP contribution < -0.4 is 9.47 Å². The van der Waals surface area contributed by atoms with Crippen LogP contribution in [0.2, 0.25) is 0 Å². The molecule has 1 aliphatic carbocycles. The van der Waals surface area contributed by atoms with Gasteiger partial charge in [-0.3, -0.25) is 0 Å². The van der Waals surface area contributed by atoms with Crippen molar-refractivity contribution in [3.8, 4) is 11.5 Å². The van der Waals surface area contributed by atoms with Crippen LogP contribution in [-0.2, 0) is 0 Å². The SMILES string of the molecule is COc1ccc(C2CC(O)C2)cc1OC. The molecular formula is C12H16O3. The Morgan fingerprint density at radius 1 is 1.13 bits per heavy atom. The Morgan fingerprint density at radius 2 is 1.80 bits per heavy atom. The number of benzene rings is 1. The summed E-state index contributed by atoms with van der Waals surface area (Å²) in [7, 11) is 3.27. The highest BCUT2D eigenvalue weighted by Crippen LogP contribution is 2.39. The van der Waals surface area contributed by atoms with Crippen molar-refractivity contribution in [3.05, 3.63) is 23.8 Å². The molecule has 0 radical (unpaired) electrons. The van der Waals surface area contributed by atoms with Crippen LogP contribution in [-0.4, -0.2) is 25.4 Å². The van der Waals surface area contributed by atoms with Crippen LogP contribution in [0.1, 0.15) is 24.3 Å². The molecule has 0 atom stereocenters. The first-order valence-electron chi connectivity index (χ1n) is 5.14. The Bertz CT molecular complexity index is 343. The van der Waals surface area contributed by atoms with Crippen LogP contribution in [0.15, 0.2) is 18.2 Å². The second-order valence-electron chi connectivity index (χ2n) is 3.94. The lowest BCUT2D eigenvalue weighted by Gasteiger charge is -2.32. The Hall–Kier alpha value is -1.22. The van der Waals surface area contributed by atoms with E-state index in [9.17, 15) is 5.11 Å². The van der Waals surface area contributed by atoms with Crippen molar-refractivity contribution in [2.45, 2.75) is 24.9 Å². The first-order valence-corrected chi connectivity index (χ1v) is 5.14. The molecule has 0 heterocycles. The lowest BCUT2D eigenvalue weighted by atomic mass is 9.77. The predicted octanol–water partition coefficient (Wildman–Crippen LogP) is 1.94. The third kappa shape index (κ3) is 1.92.